The van der Waals surface area contributed by atoms with Crippen molar-refractivity contribution in [2.75, 3.05) is 18.5 Å². The summed E-state index contributed by atoms with van der Waals surface area (Å²) in [5, 5.41) is 5.56. The minimum atomic E-state index is -0.839. The topological polar surface area (TPSA) is 87.7 Å². The van der Waals surface area contributed by atoms with Crippen molar-refractivity contribution in [2.24, 2.45) is 5.92 Å². The Hall–Kier alpha value is -2.57. The van der Waals surface area contributed by atoms with Gasteiger partial charge in [0, 0.05) is 5.69 Å². The number of amides is 4. The molecule has 140 valence electrons. The minimum Gasteiger partial charge on any atom is -0.494 e. The molecule has 2 atom stereocenters. The van der Waals surface area contributed by atoms with Crippen LogP contribution >= 0.6 is 0 Å². The Morgan fingerprint density at radius 3 is 2.69 bits per heavy atom. The van der Waals surface area contributed by atoms with E-state index in [1.807, 2.05) is 13.8 Å². The molecule has 2 N–H and O–H groups in total. The molecule has 1 saturated carbocycles. The second-order valence-electron chi connectivity index (χ2n) is 6.95. The number of nitrogens with zero attached hydrogens (tertiary/aromatic N) is 1. The second kappa shape index (κ2) is 7.35. The van der Waals surface area contributed by atoms with E-state index in [2.05, 4.69) is 10.6 Å². The first-order valence-electron chi connectivity index (χ1n) is 9.13. The molecule has 7 nitrogen and oxygen atoms in total. The van der Waals surface area contributed by atoms with Gasteiger partial charge in [-0.05, 0) is 49.9 Å². The van der Waals surface area contributed by atoms with Gasteiger partial charge in [0.25, 0.3) is 5.91 Å². The van der Waals surface area contributed by atoms with Gasteiger partial charge in [0.2, 0.25) is 5.91 Å². The number of nitrogens with one attached hydrogen (secondary N) is 2. The van der Waals surface area contributed by atoms with Gasteiger partial charge in [0.1, 0.15) is 17.8 Å². The van der Waals surface area contributed by atoms with Crippen LogP contribution in [0.2, 0.25) is 0 Å². The first kappa shape index (κ1) is 18.2. The number of imide groups is 1. The van der Waals surface area contributed by atoms with Crippen LogP contribution in [0.3, 0.4) is 0 Å². The third kappa shape index (κ3) is 3.38. The summed E-state index contributed by atoms with van der Waals surface area (Å²) in [5.41, 5.74) is -0.249. The predicted molar refractivity (Wildman–Crippen MR) is 96.8 cm³/mol. The van der Waals surface area contributed by atoms with E-state index < -0.39 is 17.5 Å². The lowest BCUT2D eigenvalue weighted by Gasteiger charge is -2.36. The van der Waals surface area contributed by atoms with Gasteiger partial charge in [-0.2, -0.15) is 0 Å². The van der Waals surface area contributed by atoms with Crippen LogP contribution in [0.15, 0.2) is 24.3 Å². The summed E-state index contributed by atoms with van der Waals surface area (Å²) in [6.07, 6.45) is 3.50. The van der Waals surface area contributed by atoms with Crippen LogP contribution in [0.4, 0.5) is 10.5 Å². The quantitative estimate of drug-likeness (QED) is 0.791. The monoisotopic (exact) mass is 359 g/mol. The molecule has 1 aliphatic heterocycles. The van der Waals surface area contributed by atoms with Crippen molar-refractivity contribution in [1.82, 2.24) is 10.2 Å². The van der Waals surface area contributed by atoms with Crippen molar-refractivity contribution in [3.8, 4) is 5.75 Å². The fraction of sp³-hybridized carbons (Fsp3) is 0.526. The molecular formula is C19H25N3O4. The molecule has 3 rings (SSSR count). The first-order chi connectivity index (χ1) is 12.5. The zero-order valence-corrected chi connectivity index (χ0v) is 15.2. The molecule has 0 bridgehead atoms. The van der Waals surface area contributed by atoms with Crippen molar-refractivity contribution in [2.45, 2.75) is 45.1 Å². The Balaban J connectivity index is 1.63. The summed E-state index contributed by atoms with van der Waals surface area (Å²) in [6, 6.07) is 6.47. The van der Waals surface area contributed by atoms with Crippen LogP contribution < -0.4 is 15.4 Å². The number of carbonyl (C=O) groups excluding carboxylic acids is 3. The number of hydrogen-bond donors (Lipinski definition) is 2. The molecule has 0 aromatic heterocycles. The van der Waals surface area contributed by atoms with E-state index >= 15 is 0 Å². The number of urea groups is 1. The Morgan fingerprint density at radius 1 is 1.31 bits per heavy atom. The second-order valence-corrected chi connectivity index (χ2v) is 6.95. The highest BCUT2D eigenvalue weighted by Crippen LogP contribution is 2.38. The molecule has 26 heavy (non-hydrogen) atoms. The summed E-state index contributed by atoms with van der Waals surface area (Å²) >= 11 is 0. The molecule has 1 aliphatic carbocycles. The maximum atomic E-state index is 12.9. The summed E-state index contributed by atoms with van der Waals surface area (Å²) in [5.74, 6) is 0.106. The smallest absolute Gasteiger partial charge is 0.325 e. The summed E-state index contributed by atoms with van der Waals surface area (Å²) in [7, 11) is 0. The van der Waals surface area contributed by atoms with Crippen LogP contribution in [0.25, 0.3) is 0 Å². The lowest BCUT2D eigenvalue weighted by molar-refractivity contribution is -0.136. The van der Waals surface area contributed by atoms with Crippen molar-refractivity contribution < 1.29 is 19.1 Å². The van der Waals surface area contributed by atoms with Crippen molar-refractivity contribution in [3.63, 3.8) is 0 Å². The lowest BCUT2D eigenvalue weighted by atomic mass is 9.73. The van der Waals surface area contributed by atoms with Crippen LogP contribution in [-0.4, -0.2) is 41.4 Å². The molecule has 2 unspecified atom stereocenters. The average molecular weight is 359 g/mol. The normalized spacial score (nSPS) is 25.3. The van der Waals surface area contributed by atoms with Gasteiger partial charge in [-0.1, -0.05) is 19.8 Å². The Kier molecular flexibility index (Phi) is 5.15. The predicted octanol–water partition coefficient (Wildman–Crippen LogP) is 2.52. The fourth-order valence-electron chi connectivity index (χ4n) is 3.78. The van der Waals surface area contributed by atoms with Gasteiger partial charge in [0.05, 0.1) is 6.61 Å². The molecule has 1 spiro atoms. The molecule has 2 fully saturated rings. The van der Waals surface area contributed by atoms with Gasteiger partial charge < -0.3 is 15.4 Å². The van der Waals surface area contributed by atoms with Gasteiger partial charge in [-0.15, -0.1) is 0 Å². The van der Waals surface area contributed by atoms with E-state index in [0.717, 1.165) is 24.2 Å². The van der Waals surface area contributed by atoms with Gasteiger partial charge in [-0.3, -0.25) is 14.5 Å². The van der Waals surface area contributed by atoms with Gasteiger partial charge in [-0.25, -0.2) is 4.79 Å². The van der Waals surface area contributed by atoms with E-state index in [9.17, 15) is 14.4 Å². The largest absolute Gasteiger partial charge is 0.494 e. The number of ether oxygens (including phenoxy) is 1. The van der Waals surface area contributed by atoms with Crippen molar-refractivity contribution in [3.05, 3.63) is 24.3 Å². The fourth-order valence-corrected chi connectivity index (χ4v) is 3.78. The van der Waals surface area contributed by atoms with Crippen LogP contribution in [0, 0.1) is 5.92 Å². The van der Waals surface area contributed by atoms with E-state index in [0.29, 0.717) is 24.5 Å². The maximum Gasteiger partial charge on any atom is 0.325 e. The van der Waals surface area contributed by atoms with E-state index in [1.165, 1.54) is 0 Å². The molecule has 1 heterocycles. The Bertz CT molecular complexity index is 703. The highest BCUT2D eigenvalue weighted by molar-refractivity contribution is 6.10. The molecule has 4 amide bonds. The molecule has 7 heteroatoms. The Labute approximate surface area is 153 Å². The number of anilines is 1. The van der Waals surface area contributed by atoms with Crippen molar-refractivity contribution in [1.29, 1.82) is 0 Å². The van der Waals surface area contributed by atoms with Crippen LogP contribution in [-0.2, 0) is 9.59 Å². The summed E-state index contributed by atoms with van der Waals surface area (Å²) < 4.78 is 5.36. The third-order valence-electron chi connectivity index (χ3n) is 5.25. The highest BCUT2D eigenvalue weighted by Gasteiger charge is 2.55. The zero-order valence-electron chi connectivity index (χ0n) is 15.2. The SMILES string of the molecule is CCOc1ccc(NC(=O)CN2C(=O)NC3(CCCCC3C)C2=O)cc1. The average Bonchev–Trinajstić information content (AvgIpc) is 2.85. The minimum absolute atomic E-state index is 0.0758. The van der Waals surface area contributed by atoms with Crippen LogP contribution in [0.5, 0.6) is 5.75 Å². The third-order valence-corrected chi connectivity index (χ3v) is 5.25. The molecular weight excluding hydrogens is 334 g/mol. The lowest BCUT2D eigenvalue weighted by Crippen LogP contribution is -2.54. The summed E-state index contributed by atoms with van der Waals surface area (Å²) in [4.78, 5) is 38.5. The number of rotatable bonds is 5. The van der Waals surface area contributed by atoms with Gasteiger partial charge >= 0.3 is 6.03 Å². The molecule has 1 aromatic carbocycles. The Morgan fingerprint density at radius 2 is 2.04 bits per heavy atom. The maximum absolute atomic E-state index is 12.9. The molecule has 1 saturated heterocycles. The molecule has 2 aliphatic rings. The van der Waals surface area contributed by atoms with E-state index in [4.69, 9.17) is 4.74 Å². The van der Waals surface area contributed by atoms with E-state index in [-0.39, 0.29) is 18.4 Å². The van der Waals surface area contributed by atoms with Gasteiger partial charge in [0.15, 0.2) is 0 Å². The standard InChI is InChI=1S/C19H25N3O4/c1-3-26-15-9-7-14(8-10-15)20-16(23)12-22-17(24)19(21-18(22)25)11-5-4-6-13(19)2/h7-10,13H,3-6,11-12H2,1-2H3,(H,20,23)(H,21,25). The molecule has 1 aromatic rings. The highest BCUT2D eigenvalue weighted by atomic mass is 16.5. The number of benzene rings is 1. The van der Waals surface area contributed by atoms with E-state index in [1.54, 1.807) is 24.3 Å². The number of hydrogen-bond acceptors (Lipinski definition) is 4. The first-order valence-corrected chi connectivity index (χ1v) is 9.13. The number of carbonyl (C=O) groups is 3. The molecule has 0 radical (unpaired) electrons. The zero-order chi connectivity index (χ0) is 18.7. The van der Waals surface area contributed by atoms with Crippen molar-refractivity contribution >= 4 is 23.5 Å². The van der Waals surface area contributed by atoms with Crippen LogP contribution in [0.1, 0.15) is 39.5 Å². The summed E-state index contributed by atoms with van der Waals surface area (Å²) in [6.45, 7) is 4.17.